The molecule has 0 bridgehead atoms. The molecule has 2 atom stereocenters. The second kappa shape index (κ2) is 6.89. The molecule has 5 nitrogen and oxygen atoms in total. The standard InChI is InChI=1S/C14H26N2O3/c1-3-10(2)12(13(18)19)16-11(17)9-14(15)7-5-4-6-8-14/h10,12H,3-9,15H2,1-2H3,(H,16,17)(H,18,19). The highest BCUT2D eigenvalue weighted by atomic mass is 16.4. The van der Waals surface area contributed by atoms with Crippen LogP contribution in [0.2, 0.25) is 0 Å². The highest BCUT2D eigenvalue weighted by Crippen LogP contribution is 2.28. The first kappa shape index (κ1) is 16.0. The quantitative estimate of drug-likeness (QED) is 0.684. The number of carboxylic acids is 1. The van der Waals surface area contributed by atoms with Crippen LogP contribution in [-0.4, -0.2) is 28.6 Å². The third-order valence-corrected chi connectivity index (χ3v) is 4.16. The van der Waals surface area contributed by atoms with Crippen molar-refractivity contribution in [1.29, 1.82) is 0 Å². The minimum Gasteiger partial charge on any atom is -0.480 e. The Hall–Kier alpha value is -1.10. The second-order valence-corrected chi connectivity index (χ2v) is 5.87. The van der Waals surface area contributed by atoms with Crippen molar-refractivity contribution in [2.75, 3.05) is 0 Å². The Labute approximate surface area is 114 Å². The van der Waals surface area contributed by atoms with Crippen LogP contribution in [0, 0.1) is 5.92 Å². The van der Waals surface area contributed by atoms with Crippen LogP contribution in [0.5, 0.6) is 0 Å². The number of amides is 1. The number of carbonyl (C=O) groups excluding carboxylic acids is 1. The van der Waals surface area contributed by atoms with Crippen LogP contribution in [0.3, 0.4) is 0 Å². The molecule has 0 aromatic rings. The zero-order valence-corrected chi connectivity index (χ0v) is 11.9. The van der Waals surface area contributed by atoms with Gasteiger partial charge in [-0.05, 0) is 18.8 Å². The van der Waals surface area contributed by atoms with Crippen molar-refractivity contribution in [2.45, 2.75) is 70.4 Å². The van der Waals surface area contributed by atoms with Gasteiger partial charge in [-0.25, -0.2) is 4.79 Å². The predicted molar refractivity (Wildman–Crippen MR) is 73.6 cm³/mol. The van der Waals surface area contributed by atoms with Gasteiger partial charge < -0.3 is 16.2 Å². The lowest BCUT2D eigenvalue weighted by atomic mass is 9.80. The van der Waals surface area contributed by atoms with Crippen LogP contribution in [0.25, 0.3) is 0 Å². The first-order valence-corrected chi connectivity index (χ1v) is 7.19. The third-order valence-electron chi connectivity index (χ3n) is 4.16. The number of hydrogen-bond donors (Lipinski definition) is 3. The van der Waals surface area contributed by atoms with Gasteiger partial charge >= 0.3 is 5.97 Å². The lowest BCUT2D eigenvalue weighted by Crippen LogP contribution is -2.50. The van der Waals surface area contributed by atoms with Crippen molar-refractivity contribution in [3.63, 3.8) is 0 Å². The number of rotatable bonds is 6. The summed E-state index contributed by atoms with van der Waals surface area (Å²) in [6, 6.07) is -0.815. The van der Waals surface area contributed by atoms with Crippen molar-refractivity contribution in [2.24, 2.45) is 11.7 Å². The monoisotopic (exact) mass is 270 g/mol. The van der Waals surface area contributed by atoms with Crippen LogP contribution < -0.4 is 11.1 Å². The summed E-state index contributed by atoms with van der Waals surface area (Å²) >= 11 is 0. The molecular formula is C14H26N2O3. The molecule has 1 amide bonds. The highest BCUT2D eigenvalue weighted by molar-refractivity contribution is 5.84. The molecule has 0 aromatic carbocycles. The normalized spacial score (nSPS) is 21.4. The molecule has 19 heavy (non-hydrogen) atoms. The van der Waals surface area contributed by atoms with Crippen LogP contribution in [0.4, 0.5) is 0 Å². The summed E-state index contributed by atoms with van der Waals surface area (Å²) in [7, 11) is 0. The van der Waals surface area contributed by atoms with Gasteiger partial charge in [0.15, 0.2) is 0 Å². The minimum atomic E-state index is -0.975. The predicted octanol–water partition coefficient (Wildman–Crippen LogP) is 1.65. The molecule has 0 saturated heterocycles. The van der Waals surface area contributed by atoms with Crippen LogP contribution in [0.1, 0.15) is 58.8 Å². The summed E-state index contributed by atoms with van der Waals surface area (Å²) in [5.41, 5.74) is 5.77. The Morgan fingerprint density at radius 2 is 1.89 bits per heavy atom. The molecule has 0 heterocycles. The summed E-state index contributed by atoms with van der Waals surface area (Å²) < 4.78 is 0. The number of hydrogen-bond acceptors (Lipinski definition) is 3. The molecule has 110 valence electrons. The summed E-state index contributed by atoms with van der Waals surface area (Å²) in [4.78, 5) is 23.2. The van der Waals surface area contributed by atoms with Gasteiger partial charge in [0.25, 0.3) is 0 Å². The number of nitrogens with one attached hydrogen (secondary N) is 1. The third kappa shape index (κ3) is 4.82. The average Bonchev–Trinajstić information content (AvgIpc) is 2.35. The Bertz CT molecular complexity index is 325. The Balaban J connectivity index is 2.55. The zero-order chi connectivity index (χ0) is 14.5. The Morgan fingerprint density at radius 1 is 1.32 bits per heavy atom. The molecule has 0 radical (unpaired) electrons. The van der Waals surface area contributed by atoms with Gasteiger partial charge in [0.05, 0.1) is 0 Å². The van der Waals surface area contributed by atoms with Crippen molar-refractivity contribution in [1.82, 2.24) is 5.32 Å². The van der Waals surface area contributed by atoms with E-state index < -0.39 is 17.6 Å². The van der Waals surface area contributed by atoms with E-state index in [0.717, 1.165) is 25.7 Å². The maximum atomic E-state index is 12.0. The van der Waals surface area contributed by atoms with Crippen LogP contribution in [-0.2, 0) is 9.59 Å². The molecule has 1 fully saturated rings. The maximum Gasteiger partial charge on any atom is 0.326 e. The number of nitrogens with two attached hydrogens (primary N) is 1. The molecule has 0 spiro atoms. The molecule has 1 saturated carbocycles. The van der Waals surface area contributed by atoms with Gasteiger partial charge in [-0.2, -0.15) is 0 Å². The van der Waals surface area contributed by atoms with Crippen LogP contribution in [0.15, 0.2) is 0 Å². The van der Waals surface area contributed by atoms with E-state index in [1.165, 1.54) is 6.42 Å². The van der Waals surface area contributed by atoms with Crippen LogP contribution >= 0.6 is 0 Å². The van der Waals surface area contributed by atoms with Gasteiger partial charge in [0.1, 0.15) is 6.04 Å². The summed E-state index contributed by atoms with van der Waals surface area (Å²) in [5.74, 6) is -1.30. The van der Waals surface area contributed by atoms with E-state index in [-0.39, 0.29) is 18.2 Å². The van der Waals surface area contributed by atoms with Gasteiger partial charge in [-0.15, -0.1) is 0 Å². The topological polar surface area (TPSA) is 92.4 Å². The van der Waals surface area contributed by atoms with Crippen molar-refractivity contribution in [3.05, 3.63) is 0 Å². The van der Waals surface area contributed by atoms with E-state index >= 15 is 0 Å². The van der Waals surface area contributed by atoms with E-state index in [0.29, 0.717) is 6.42 Å². The lowest BCUT2D eigenvalue weighted by Gasteiger charge is -2.33. The van der Waals surface area contributed by atoms with E-state index in [9.17, 15) is 9.59 Å². The Morgan fingerprint density at radius 3 is 2.37 bits per heavy atom. The van der Waals surface area contributed by atoms with Gasteiger partial charge in [-0.1, -0.05) is 39.5 Å². The fourth-order valence-electron chi connectivity index (χ4n) is 2.66. The van der Waals surface area contributed by atoms with E-state index in [4.69, 9.17) is 10.8 Å². The zero-order valence-electron chi connectivity index (χ0n) is 11.9. The highest BCUT2D eigenvalue weighted by Gasteiger charge is 2.32. The summed E-state index contributed by atoms with van der Waals surface area (Å²) in [6.07, 6.45) is 5.92. The number of aliphatic carboxylic acids is 1. The molecular weight excluding hydrogens is 244 g/mol. The van der Waals surface area contributed by atoms with E-state index in [1.807, 2.05) is 13.8 Å². The summed E-state index contributed by atoms with van der Waals surface area (Å²) in [6.45, 7) is 3.75. The first-order valence-electron chi connectivity index (χ1n) is 7.19. The van der Waals surface area contributed by atoms with Crippen molar-refractivity contribution in [3.8, 4) is 0 Å². The molecule has 1 rings (SSSR count). The SMILES string of the molecule is CCC(C)C(NC(=O)CC1(N)CCCCC1)C(=O)O. The molecule has 2 unspecified atom stereocenters. The van der Waals surface area contributed by atoms with Crippen molar-refractivity contribution >= 4 is 11.9 Å². The molecule has 0 aromatic heterocycles. The largest absolute Gasteiger partial charge is 0.480 e. The van der Waals surface area contributed by atoms with E-state index in [2.05, 4.69) is 5.32 Å². The number of carboxylic acid groups (broad SMARTS) is 1. The van der Waals surface area contributed by atoms with Gasteiger partial charge in [0, 0.05) is 12.0 Å². The maximum absolute atomic E-state index is 12.0. The fraction of sp³-hybridized carbons (Fsp3) is 0.857. The smallest absolute Gasteiger partial charge is 0.326 e. The minimum absolute atomic E-state index is 0.0819. The van der Waals surface area contributed by atoms with Gasteiger partial charge in [-0.3, -0.25) is 4.79 Å². The number of carbonyl (C=O) groups is 2. The molecule has 5 heteroatoms. The average molecular weight is 270 g/mol. The molecule has 0 aliphatic heterocycles. The fourth-order valence-corrected chi connectivity index (χ4v) is 2.66. The molecule has 1 aliphatic carbocycles. The van der Waals surface area contributed by atoms with E-state index in [1.54, 1.807) is 0 Å². The Kier molecular flexibility index (Phi) is 5.79. The van der Waals surface area contributed by atoms with Gasteiger partial charge in [0.2, 0.25) is 5.91 Å². The molecule has 1 aliphatic rings. The lowest BCUT2D eigenvalue weighted by molar-refractivity contribution is -0.143. The van der Waals surface area contributed by atoms with Crippen molar-refractivity contribution < 1.29 is 14.7 Å². The summed E-state index contributed by atoms with van der Waals surface area (Å²) in [5, 5.41) is 11.8. The molecule has 4 N–H and O–H groups in total. The second-order valence-electron chi connectivity index (χ2n) is 5.87. The first-order chi connectivity index (χ1) is 8.88.